The number of anilines is 1. The van der Waals surface area contributed by atoms with Gasteiger partial charge in [0.25, 0.3) is 0 Å². The Kier molecular flexibility index (Phi) is 3.19. The molecule has 8 nitrogen and oxygen atoms in total. The summed E-state index contributed by atoms with van der Waals surface area (Å²) in [5.41, 5.74) is 0.935. The van der Waals surface area contributed by atoms with Crippen molar-refractivity contribution in [1.29, 1.82) is 0 Å². The fourth-order valence-corrected chi connectivity index (χ4v) is 3.66. The third kappa shape index (κ3) is 2.41. The van der Waals surface area contributed by atoms with Gasteiger partial charge in [0.1, 0.15) is 12.2 Å². The maximum Gasteiger partial charge on any atom is 0.227 e. The first-order chi connectivity index (χ1) is 11.8. The van der Waals surface area contributed by atoms with Crippen molar-refractivity contribution in [3.8, 4) is 0 Å². The molecule has 0 unspecified atom stereocenters. The van der Waals surface area contributed by atoms with E-state index in [0.717, 1.165) is 44.1 Å². The van der Waals surface area contributed by atoms with Crippen LogP contribution in [-0.2, 0) is 11.3 Å². The van der Waals surface area contributed by atoms with Crippen LogP contribution < -0.4 is 4.90 Å². The second-order valence-electron chi connectivity index (χ2n) is 7.06. The lowest BCUT2D eigenvalue weighted by atomic mass is 10.1. The number of aromatic nitrogens is 5. The van der Waals surface area contributed by atoms with Crippen molar-refractivity contribution in [2.45, 2.75) is 44.3 Å². The molecule has 0 radical (unpaired) electrons. The fraction of sp³-hybridized carbons (Fsp3) is 0.625. The molecule has 126 valence electrons. The highest BCUT2D eigenvalue weighted by molar-refractivity contribution is 5.95. The van der Waals surface area contributed by atoms with E-state index in [1.54, 1.807) is 0 Å². The molecule has 2 aliphatic heterocycles. The molecular weight excluding hydrogens is 306 g/mol. The summed E-state index contributed by atoms with van der Waals surface area (Å²) in [6, 6.07) is 1.01. The monoisotopic (exact) mass is 327 g/mol. The van der Waals surface area contributed by atoms with Crippen molar-refractivity contribution in [3.63, 3.8) is 0 Å². The first-order valence-electron chi connectivity index (χ1n) is 8.73. The lowest BCUT2D eigenvalue weighted by Crippen LogP contribution is -2.47. The number of nitrogens with zero attached hydrogens (tertiary/aromatic N) is 7. The summed E-state index contributed by atoms with van der Waals surface area (Å²) in [5.74, 6) is 1.28. The summed E-state index contributed by atoms with van der Waals surface area (Å²) in [4.78, 5) is 16.0. The van der Waals surface area contributed by atoms with Crippen LogP contribution in [0, 0.1) is 0 Å². The van der Waals surface area contributed by atoms with Gasteiger partial charge in [-0.1, -0.05) is 0 Å². The van der Waals surface area contributed by atoms with Gasteiger partial charge in [-0.05, 0) is 19.3 Å². The number of hydrogen-bond acceptors (Lipinski definition) is 5. The van der Waals surface area contributed by atoms with Crippen molar-refractivity contribution < 1.29 is 4.79 Å². The second-order valence-corrected chi connectivity index (χ2v) is 7.06. The highest BCUT2D eigenvalue weighted by atomic mass is 16.2. The largest absolute Gasteiger partial charge is 0.313 e. The van der Waals surface area contributed by atoms with Crippen molar-refractivity contribution in [2.24, 2.45) is 0 Å². The Balaban J connectivity index is 1.20. The Hall–Kier alpha value is -2.22. The minimum atomic E-state index is 0.212. The van der Waals surface area contributed by atoms with Crippen molar-refractivity contribution >= 4 is 11.6 Å². The van der Waals surface area contributed by atoms with Gasteiger partial charge < -0.3 is 9.47 Å². The van der Waals surface area contributed by atoms with E-state index >= 15 is 0 Å². The molecule has 2 aromatic heterocycles. The van der Waals surface area contributed by atoms with E-state index in [1.165, 1.54) is 12.8 Å². The average Bonchev–Trinajstić information content (AvgIpc) is 2.95. The van der Waals surface area contributed by atoms with Crippen LogP contribution in [0.15, 0.2) is 18.7 Å². The Labute approximate surface area is 140 Å². The van der Waals surface area contributed by atoms with E-state index in [2.05, 4.69) is 24.8 Å². The summed E-state index contributed by atoms with van der Waals surface area (Å²) in [5, 5.41) is 12.8. The molecule has 1 aliphatic carbocycles. The number of rotatable bonds is 5. The third-order valence-corrected chi connectivity index (χ3v) is 5.24. The zero-order valence-electron chi connectivity index (χ0n) is 13.6. The minimum absolute atomic E-state index is 0.212. The van der Waals surface area contributed by atoms with Crippen molar-refractivity contribution in [2.75, 3.05) is 24.5 Å². The SMILES string of the molecule is O=C1CCCN1c1cnn(C2CN(Cc3nncn3C3CC3)C2)c1. The van der Waals surface area contributed by atoms with Crippen LogP contribution in [0.5, 0.6) is 0 Å². The molecule has 24 heavy (non-hydrogen) atoms. The molecule has 0 aromatic carbocycles. The predicted molar refractivity (Wildman–Crippen MR) is 86.4 cm³/mol. The van der Waals surface area contributed by atoms with Gasteiger partial charge in [0.15, 0.2) is 0 Å². The molecule has 1 amide bonds. The number of carbonyl (C=O) groups is 1. The van der Waals surface area contributed by atoms with Crippen LogP contribution >= 0.6 is 0 Å². The van der Waals surface area contributed by atoms with Gasteiger partial charge in [0.2, 0.25) is 5.91 Å². The first-order valence-corrected chi connectivity index (χ1v) is 8.73. The van der Waals surface area contributed by atoms with Crippen LogP contribution in [0.4, 0.5) is 5.69 Å². The molecule has 0 bridgehead atoms. The fourth-order valence-electron chi connectivity index (χ4n) is 3.66. The molecular formula is C16H21N7O. The lowest BCUT2D eigenvalue weighted by Gasteiger charge is -2.38. The van der Waals surface area contributed by atoms with Gasteiger partial charge in [0, 0.05) is 38.3 Å². The molecule has 3 aliphatic rings. The quantitative estimate of drug-likeness (QED) is 0.819. The second kappa shape index (κ2) is 5.41. The highest BCUT2D eigenvalue weighted by Gasteiger charge is 2.32. The maximum absolute atomic E-state index is 11.8. The number of amides is 1. The van der Waals surface area contributed by atoms with Gasteiger partial charge >= 0.3 is 0 Å². The van der Waals surface area contributed by atoms with Crippen LogP contribution in [-0.4, -0.2) is 55.0 Å². The van der Waals surface area contributed by atoms with Crippen LogP contribution in [0.25, 0.3) is 0 Å². The van der Waals surface area contributed by atoms with Crippen molar-refractivity contribution in [3.05, 3.63) is 24.5 Å². The first kappa shape index (κ1) is 14.2. The smallest absolute Gasteiger partial charge is 0.227 e. The molecule has 0 N–H and O–H groups in total. The van der Waals surface area contributed by atoms with Crippen LogP contribution in [0.2, 0.25) is 0 Å². The zero-order valence-corrected chi connectivity index (χ0v) is 13.6. The molecule has 2 aromatic rings. The normalized spacial score (nSPS) is 22.3. The summed E-state index contributed by atoms with van der Waals surface area (Å²) in [6.45, 7) is 3.60. The van der Waals surface area contributed by atoms with Crippen LogP contribution in [0.3, 0.4) is 0 Å². The third-order valence-electron chi connectivity index (χ3n) is 5.24. The standard InChI is InChI=1S/C16H21N7O/c24-16-2-1-5-21(16)13-6-18-23(9-13)14-7-20(8-14)10-15-19-17-11-22(15)12-3-4-12/h6,9,11-12,14H,1-5,7-8,10H2. The van der Waals surface area contributed by atoms with E-state index in [1.807, 2.05) is 28.3 Å². The maximum atomic E-state index is 11.8. The number of carbonyl (C=O) groups excluding carboxylic acids is 1. The summed E-state index contributed by atoms with van der Waals surface area (Å²) in [7, 11) is 0. The topological polar surface area (TPSA) is 72.1 Å². The van der Waals surface area contributed by atoms with E-state index in [9.17, 15) is 4.79 Å². The van der Waals surface area contributed by atoms with E-state index in [4.69, 9.17) is 0 Å². The molecule has 8 heteroatoms. The van der Waals surface area contributed by atoms with Crippen molar-refractivity contribution in [1.82, 2.24) is 29.4 Å². The Morgan fingerprint density at radius 1 is 1.21 bits per heavy atom. The van der Waals surface area contributed by atoms with E-state index in [0.29, 0.717) is 18.5 Å². The highest BCUT2D eigenvalue weighted by Crippen LogP contribution is 2.36. The molecule has 0 atom stereocenters. The number of hydrogen-bond donors (Lipinski definition) is 0. The molecule has 3 fully saturated rings. The predicted octanol–water partition coefficient (Wildman–Crippen LogP) is 0.993. The minimum Gasteiger partial charge on any atom is -0.313 e. The molecule has 0 spiro atoms. The number of likely N-dealkylation sites (tertiary alicyclic amines) is 1. The van der Waals surface area contributed by atoms with Gasteiger partial charge in [-0.3, -0.25) is 14.4 Å². The molecule has 1 saturated carbocycles. The molecule has 2 saturated heterocycles. The van der Waals surface area contributed by atoms with E-state index in [-0.39, 0.29) is 5.91 Å². The van der Waals surface area contributed by atoms with Gasteiger partial charge in [-0.25, -0.2) is 0 Å². The van der Waals surface area contributed by atoms with Gasteiger partial charge in [-0.2, -0.15) is 5.10 Å². The molecule has 4 heterocycles. The zero-order chi connectivity index (χ0) is 16.1. The summed E-state index contributed by atoms with van der Waals surface area (Å²) < 4.78 is 4.22. The Morgan fingerprint density at radius 2 is 2.08 bits per heavy atom. The van der Waals surface area contributed by atoms with Gasteiger partial charge in [-0.15, -0.1) is 10.2 Å². The summed E-state index contributed by atoms with van der Waals surface area (Å²) >= 11 is 0. The lowest BCUT2D eigenvalue weighted by molar-refractivity contribution is -0.117. The Morgan fingerprint density at radius 3 is 2.83 bits per heavy atom. The van der Waals surface area contributed by atoms with Crippen LogP contribution in [0.1, 0.15) is 43.6 Å². The Bertz CT molecular complexity index is 756. The average molecular weight is 327 g/mol. The molecule has 5 rings (SSSR count). The summed E-state index contributed by atoms with van der Waals surface area (Å²) in [6.07, 6.45) is 9.79. The van der Waals surface area contributed by atoms with E-state index < -0.39 is 0 Å². The van der Waals surface area contributed by atoms with Gasteiger partial charge in [0.05, 0.1) is 24.5 Å².